The van der Waals surface area contributed by atoms with Gasteiger partial charge >= 0.3 is 5.97 Å². The van der Waals surface area contributed by atoms with Crippen LogP contribution in [0.25, 0.3) is 0 Å². The molecule has 92 valence electrons. The monoisotopic (exact) mass is 228 g/mol. The van der Waals surface area contributed by atoms with Gasteiger partial charge in [0.1, 0.15) is 6.04 Å². The molecule has 5 nitrogen and oxygen atoms in total. The highest BCUT2D eigenvalue weighted by Crippen LogP contribution is 2.16. The van der Waals surface area contributed by atoms with E-state index in [4.69, 9.17) is 5.11 Å². The van der Waals surface area contributed by atoms with Gasteiger partial charge in [0.15, 0.2) is 0 Å². The average molecular weight is 228 g/mol. The number of rotatable bonds is 5. The number of aliphatic carboxylic acids is 1. The van der Waals surface area contributed by atoms with Crippen molar-refractivity contribution in [1.82, 2.24) is 10.6 Å². The molecule has 1 aliphatic heterocycles. The Morgan fingerprint density at radius 1 is 1.50 bits per heavy atom. The van der Waals surface area contributed by atoms with Crippen molar-refractivity contribution >= 4 is 11.9 Å². The summed E-state index contributed by atoms with van der Waals surface area (Å²) in [7, 11) is 0. The Labute approximate surface area is 95.6 Å². The Morgan fingerprint density at radius 2 is 2.19 bits per heavy atom. The van der Waals surface area contributed by atoms with Gasteiger partial charge in [-0.25, -0.2) is 4.79 Å². The van der Waals surface area contributed by atoms with Crippen LogP contribution in [0.3, 0.4) is 0 Å². The molecule has 1 amide bonds. The van der Waals surface area contributed by atoms with Gasteiger partial charge in [-0.1, -0.05) is 20.3 Å². The third kappa shape index (κ3) is 3.20. The number of carbonyl (C=O) groups is 2. The van der Waals surface area contributed by atoms with Gasteiger partial charge in [0.05, 0.1) is 5.92 Å². The number of nitrogens with one attached hydrogen (secondary N) is 2. The van der Waals surface area contributed by atoms with Crippen LogP contribution in [0, 0.1) is 11.8 Å². The maximum atomic E-state index is 11.8. The van der Waals surface area contributed by atoms with Gasteiger partial charge in [0, 0.05) is 6.54 Å². The lowest BCUT2D eigenvalue weighted by atomic mass is 9.96. The molecule has 0 bridgehead atoms. The van der Waals surface area contributed by atoms with E-state index in [1.165, 1.54) is 0 Å². The van der Waals surface area contributed by atoms with E-state index >= 15 is 0 Å². The van der Waals surface area contributed by atoms with E-state index in [-0.39, 0.29) is 17.7 Å². The summed E-state index contributed by atoms with van der Waals surface area (Å²) in [5.74, 6) is -0.915. The third-order valence-corrected chi connectivity index (χ3v) is 3.05. The van der Waals surface area contributed by atoms with Crippen molar-refractivity contribution in [1.29, 1.82) is 0 Å². The first-order valence-corrected chi connectivity index (χ1v) is 5.80. The summed E-state index contributed by atoms with van der Waals surface area (Å²) >= 11 is 0. The molecule has 5 heteroatoms. The lowest BCUT2D eigenvalue weighted by molar-refractivity contribution is -0.142. The summed E-state index contributed by atoms with van der Waals surface area (Å²) in [6, 6.07) is -0.745. The maximum absolute atomic E-state index is 11.8. The van der Waals surface area contributed by atoms with Crippen molar-refractivity contribution < 1.29 is 14.7 Å². The second-order valence-corrected chi connectivity index (χ2v) is 4.43. The van der Waals surface area contributed by atoms with Crippen molar-refractivity contribution in [2.45, 2.75) is 32.7 Å². The molecule has 2 unspecified atom stereocenters. The topological polar surface area (TPSA) is 78.4 Å². The SMILES string of the molecule is CCC[C@H](NC(=O)C1CNCC1C)C(=O)O. The minimum Gasteiger partial charge on any atom is -0.480 e. The highest BCUT2D eigenvalue weighted by atomic mass is 16.4. The van der Waals surface area contributed by atoms with Gasteiger partial charge in [-0.15, -0.1) is 0 Å². The van der Waals surface area contributed by atoms with Crippen LogP contribution in [0.4, 0.5) is 0 Å². The molecule has 3 atom stereocenters. The number of carboxylic acid groups (broad SMARTS) is 1. The molecule has 0 aromatic rings. The first-order valence-electron chi connectivity index (χ1n) is 5.80. The largest absolute Gasteiger partial charge is 0.480 e. The number of carbonyl (C=O) groups excluding carboxylic acids is 1. The number of carboxylic acids is 1. The molecule has 3 N–H and O–H groups in total. The van der Waals surface area contributed by atoms with E-state index in [2.05, 4.69) is 10.6 Å². The molecule has 0 aromatic carbocycles. The first-order chi connectivity index (χ1) is 7.56. The van der Waals surface area contributed by atoms with Gasteiger partial charge in [0.2, 0.25) is 5.91 Å². The van der Waals surface area contributed by atoms with Crippen LogP contribution in [0.2, 0.25) is 0 Å². The van der Waals surface area contributed by atoms with Crippen LogP contribution in [0.1, 0.15) is 26.7 Å². The molecule has 1 rings (SSSR count). The van der Waals surface area contributed by atoms with Gasteiger partial charge in [-0.05, 0) is 18.9 Å². The zero-order valence-corrected chi connectivity index (χ0v) is 9.82. The van der Waals surface area contributed by atoms with E-state index in [9.17, 15) is 9.59 Å². The highest BCUT2D eigenvalue weighted by molar-refractivity contribution is 5.85. The molecule has 16 heavy (non-hydrogen) atoms. The van der Waals surface area contributed by atoms with Crippen LogP contribution >= 0.6 is 0 Å². The van der Waals surface area contributed by atoms with Crippen LogP contribution < -0.4 is 10.6 Å². The molecule has 1 heterocycles. The molecule has 1 fully saturated rings. The minimum absolute atomic E-state index is 0.0984. The molecular formula is C11H20N2O3. The summed E-state index contributed by atoms with van der Waals surface area (Å²) in [5, 5.41) is 14.7. The summed E-state index contributed by atoms with van der Waals surface area (Å²) < 4.78 is 0. The van der Waals surface area contributed by atoms with E-state index in [1.54, 1.807) is 0 Å². The van der Waals surface area contributed by atoms with E-state index < -0.39 is 12.0 Å². The maximum Gasteiger partial charge on any atom is 0.326 e. The van der Waals surface area contributed by atoms with Crippen molar-refractivity contribution in [3.8, 4) is 0 Å². The number of amides is 1. The summed E-state index contributed by atoms with van der Waals surface area (Å²) in [6.07, 6.45) is 1.23. The standard InChI is InChI=1S/C11H20N2O3/c1-3-4-9(11(15)16)13-10(14)8-6-12-5-7(8)2/h7-9,12H,3-6H2,1-2H3,(H,13,14)(H,15,16)/t7?,8?,9-/m0/s1. The number of hydrogen-bond donors (Lipinski definition) is 3. The fourth-order valence-corrected chi connectivity index (χ4v) is 1.99. The molecule has 1 aliphatic rings. The minimum atomic E-state index is -0.950. The first kappa shape index (κ1) is 13.0. The Bertz CT molecular complexity index is 268. The zero-order valence-electron chi connectivity index (χ0n) is 9.82. The lowest BCUT2D eigenvalue weighted by Gasteiger charge is -2.18. The van der Waals surface area contributed by atoms with Gasteiger partial charge in [-0.2, -0.15) is 0 Å². The Morgan fingerprint density at radius 3 is 2.62 bits per heavy atom. The van der Waals surface area contributed by atoms with E-state index in [0.29, 0.717) is 13.0 Å². The predicted octanol–water partition coefficient (Wildman–Crippen LogP) is 0.211. The fourth-order valence-electron chi connectivity index (χ4n) is 1.99. The van der Waals surface area contributed by atoms with E-state index in [1.807, 2.05) is 13.8 Å². The lowest BCUT2D eigenvalue weighted by Crippen LogP contribution is -2.45. The third-order valence-electron chi connectivity index (χ3n) is 3.05. The molecule has 1 saturated heterocycles. The fraction of sp³-hybridized carbons (Fsp3) is 0.818. The zero-order chi connectivity index (χ0) is 12.1. The molecule has 0 aromatic heterocycles. The molecule has 0 saturated carbocycles. The summed E-state index contributed by atoms with van der Waals surface area (Å²) in [5.41, 5.74) is 0. The van der Waals surface area contributed by atoms with Crippen molar-refractivity contribution in [2.75, 3.05) is 13.1 Å². The van der Waals surface area contributed by atoms with Gasteiger partial charge in [0.25, 0.3) is 0 Å². The molecule has 0 spiro atoms. The van der Waals surface area contributed by atoms with E-state index in [0.717, 1.165) is 13.0 Å². The average Bonchev–Trinajstić information content (AvgIpc) is 2.63. The highest BCUT2D eigenvalue weighted by Gasteiger charge is 2.31. The Hall–Kier alpha value is -1.10. The molecule has 0 radical (unpaired) electrons. The Balaban J connectivity index is 2.50. The Kier molecular flexibility index (Phi) is 4.73. The smallest absolute Gasteiger partial charge is 0.326 e. The van der Waals surface area contributed by atoms with Crippen molar-refractivity contribution in [3.05, 3.63) is 0 Å². The molecular weight excluding hydrogens is 208 g/mol. The second-order valence-electron chi connectivity index (χ2n) is 4.43. The second kappa shape index (κ2) is 5.84. The summed E-state index contributed by atoms with van der Waals surface area (Å²) in [4.78, 5) is 22.7. The van der Waals surface area contributed by atoms with Crippen molar-refractivity contribution in [2.24, 2.45) is 11.8 Å². The summed E-state index contributed by atoms with van der Waals surface area (Å²) in [6.45, 7) is 5.37. The van der Waals surface area contributed by atoms with Crippen molar-refractivity contribution in [3.63, 3.8) is 0 Å². The predicted molar refractivity (Wildman–Crippen MR) is 60.0 cm³/mol. The normalized spacial score (nSPS) is 26.4. The quantitative estimate of drug-likeness (QED) is 0.628. The molecule has 0 aliphatic carbocycles. The van der Waals surface area contributed by atoms with Crippen LogP contribution in [0.15, 0.2) is 0 Å². The van der Waals surface area contributed by atoms with Crippen LogP contribution in [0.5, 0.6) is 0 Å². The van der Waals surface area contributed by atoms with Crippen LogP contribution in [-0.4, -0.2) is 36.1 Å². The van der Waals surface area contributed by atoms with Crippen LogP contribution in [-0.2, 0) is 9.59 Å². The van der Waals surface area contributed by atoms with Gasteiger partial charge in [-0.3, -0.25) is 4.79 Å². The number of hydrogen-bond acceptors (Lipinski definition) is 3. The van der Waals surface area contributed by atoms with Gasteiger partial charge < -0.3 is 15.7 Å².